The number of nitrogens with one attached hydrogen (secondary N) is 2. The van der Waals surface area contributed by atoms with Crippen LogP contribution in [0.4, 0.5) is 5.69 Å². The maximum absolute atomic E-state index is 12.4. The zero-order valence-corrected chi connectivity index (χ0v) is 17.7. The van der Waals surface area contributed by atoms with E-state index in [-0.39, 0.29) is 28.7 Å². The number of nitrogens with zero attached hydrogens (tertiary/aromatic N) is 4. The predicted octanol–water partition coefficient (Wildman–Crippen LogP) is 3.48. The average molecular weight is 441 g/mol. The second-order valence-corrected chi connectivity index (χ2v) is 8.01. The van der Waals surface area contributed by atoms with Crippen molar-refractivity contribution in [1.82, 2.24) is 24.8 Å². The summed E-state index contributed by atoms with van der Waals surface area (Å²) < 4.78 is 1.42. The molecule has 2 aromatic carbocycles. The number of carbonyl (C=O) groups excluding carboxylic acids is 1. The summed E-state index contributed by atoms with van der Waals surface area (Å²) in [4.78, 5) is 27.5. The van der Waals surface area contributed by atoms with Crippen LogP contribution in [0.1, 0.15) is 11.1 Å². The number of aromatic amines is 1. The van der Waals surface area contributed by atoms with Crippen molar-refractivity contribution in [3.63, 3.8) is 0 Å². The van der Waals surface area contributed by atoms with Crippen LogP contribution in [0.2, 0.25) is 5.02 Å². The normalized spacial score (nSPS) is 11.0. The van der Waals surface area contributed by atoms with Gasteiger partial charge in [-0.05, 0) is 37.1 Å². The molecule has 0 radical (unpaired) electrons. The molecule has 4 aromatic rings. The Bertz CT molecular complexity index is 1280. The molecule has 0 aliphatic rings. The lowest BCUT2D eigenvalue weighted by atomic mass is 10.1. The second kappa shape index (κ2) is 8.29. The zero-order valence-electron chi connectivity index (χ0n) is 16.1. The van der Waals surface area contributed by atoms with E-state index in [0.717, 1.165) is 16.8 Å². The quantitative estimate of drug-likeness (QED) is 0.460. The maximum Gasteiger partial charge on any atom is 0.279 e. The van der Waals surface area contributed by atoms with Crippen molar-refractivity contribution in [3.8, 4) is 11.3 Å². The molecule has 2 N–H and O–H groups in total. The molecule has 10 heteroatoms. The molecule has 0 saturated carbocycles. The molecule has 2 aromatic heterocycles. The monoisotopic (exact) mass is 440 g/mol. The van der Waals surface area contributed by atoms with Gasteiger partial charge in [0.2, 0.25) is 11.1 Å². The molecule has 0 aliphatic heterocycles. The predicted molar refractivity (Wildman–Crippen MR) is 117 cm³/mol. The third-order valence-corrected chi connectivity index (χ3v) is 5.62. The minimum Gasteiger partial charge on any atom is -0.325 e. The highest BCUT2D eigenvalue weighted by Crippen LogP contribution is 2.22. The Morgan fingerprint density at radius 3 is 2.53 bits per heavy atom. The van der Waals surface area contributed by atoms with Crippen molar-refractivity contribution in [1.29, 1.82) is 0 Å². The van der Waals surface area contributed by atoms with E-state index in [1.807, 2.05) is 32.0 Å². The van der Waals surface area contributed by atoms with E-state index in [4.69, 9.17) is 11.6 Å². The number of hydrogen-bond acceptors (Lipinski definition) is 6. The van der Waals surface area contributed by atoms with Crippen LogP contribution in [0.15, 0.2) is 52.4 Å². The van der Waals surface area contributed by atoms with Gasteiger partial charge < -0.3 is 5.32 Å². The fourth-order valence-electron chi connectivity index (χ4n) is 2.94. The lowest BCUT2D eigenvalue weighted by molar-refractivity contribution is -0.113. The molecular weight excluding hydrogens is 424 g/mol. The highest BCUT2D eigenvalue weighted by atomic mass is 35.5. The number of carbonyl (C=O) groups is 1. The summed E-state index contributed by atoms with van der Waals surface area (Å²) in [5.41, 5.74) is 3.23. The Hall–Kier alpha value is -3.17. The highest BCUT2D eigenvalue weighted by molar-refractivity contribution is 7.99. The Labute approximate surface area is 180 Å². The van der Waals surface area contributed by atoms with E-state index in [1.165, 1.54) is 16.3 Å². The van der Waals surface area contributed by atoms with Gasteiger partial charge in [-0.2, -0.15) is 9.61 Å². The van der Waals surface area contributed by atoms with Gasteiger partial charge in [0.05, 0.1) is 5.75 Å². The first kappa shape index (κ1) is 20.1. The Balaban J connectivity index is 1.56. The van der Waals surface area contributed by atoms with Crippen molar-refractivity contribution < 1.29 is 4.79 Å². The molecule has 0 bridgehead atoms. The number of amides is 1. The number of anilines is 1. The first-order chi connectivity index (χ1) is 14.4. The smallest absolute Gasteiger partial charge is 0.279 e. The maximum atomic E-state index is 12.4. The molecule has 0 aliphatic carbocycles. The summed E-state index contributed by atoms with van der Waals surface area (Å²) in [7, 11) is 0. The van der Waals surface area contributed by atoms with Gasteiger partial charge in [-0.25, -0.2) is 0 Å². The largest absolute Gasteiger partial charge is 0.325 e. The molecule has 1 amide bonds. The number of H-pyrrole nitrogens is 1. The molecule has 0 spiro atoms. The van der Waals surface area contributed by atoms with Crippen LogP contribution in [0, 0.1) is 13.8 Å². The molecular formula is C20H17ClN6O2S. The van der Waals surface area contributed by atoms with Gasteiger partial charge >= 0.3 is 0 Å². The van der Waals surface area contributed by atoms with E-state index in [1.54, 1.807) is 24.3 Å². The number of hydrogen-bond donors (Lipinski definition) is 2. The van der Waals surface area contributed by atoms with E-state index < -0.39 is 0 Å². The fourth-order valence-corrected chi connectivity index (χ4v) is 3.75. The van der Waals surface area contributed by atoms with E-state index in [9.17, 15) is 9.59 Å². The number of para-hydroxylation sites is 1. The second-order valence-electron chi connectivity index (χ2n) is 6.63. The summed E-state index contributed by atoms with van der Waals surface area (Å²) in [5, 5.41) is 16.2. The lowest BCUT2D eigenvalue weighted by Gasteiger charge is -2.10. The van der Waals surface area contributed by atoms with Crippen molar-refractivity contribution in [2.45, 2.75) is 19.0 Å². The van der Waals surface area contributed by atoms with Crippen LogP contribution in [0.5, 0.6) is 0 Å². The summed E-state index contributed by atoms with van der Waals surface area (Å²) >= 11 is 7.10. The lowest BCUT2D eigenvalue weighted by Crippen LogP contribution is -2.17. The van der Waals surface area contributed by atoms with E-state index >= 15 is 0 Å². The van der Waals surface area contributed by atoms with Crippen LogP contribution in [0.3, 0.4) is 0 Å². The fraction of sp³-hybridized carbons (Fsp3) is 0.150. The van der Waals surface area contributed by atoms with Gasteiger partial charge in [-0.3, -0.25) is 14.6 Å². The van der Waals surface area contributed by atoms with Crippen molar-refractivity contribution in [2.75, 3.05) is 11.1 Å². The highest BCUT2D eigenvalue weighted by Gasteiger charge is 2.15. The number of halogens is 1. The Kier molecular flexibility index (Phi) is 5.56. The summed E-state index contributed by atoms with van der Waals surface area (Å²) in [5.74, 6) is 0.151. The molecule has 4 rings (SSSR count). The van der Waals surface area contributed by atoms with Gasteiger partial charge in [0, 0.05) is 16.3 Å². The van der Waals surface area contributed by atoms with Crippen LogP contribution >= 0.6 is 23.4 Å². The van der Waals surface area contributed by atoms with Gasteiger partial charge in [-0.15, -0.1) is 10.2 Å². The van der Waals surface area contributed by atoms with Gasteiger partial charge in [0.1, 0.15) is 0 Å². The first-order valence-corrected chi connectivity index (χ1v) is 10.4. The van der Waals surface area contributed by atoms with E-state index in [2.05, 4.69) is 25.6 Å². The van der Waals surface area contributed by atoms with Crippen LogP contribution < -0.4 is 10.9 Å². The van der Waals surface area contributed by atoms with Crippen LogP contribution in [-0.4, -0.2) is 36.5 Å². The zero-order chi connectivity index (χ0) is 21.3. The molecule has 30 heavy (non-hydrogen) atoms. The molecule has 152 valence electrons. The van der Waals surface area contributed by atoms with Gasteiger partial charge in [0.15, 0.2) is 5.69 Å². The average Bonchev–Trinajstić information content (AvgIpc) is 3.11. The van der Waals surface area contributed by atoms with Gasteiger partial charge in [-0.1, -0.05) is 53.7 Å². The first-order valence-electron chi connectivity index (χ1n) is 9.03. The molecule has 0 unspecified atom stereocenters. The molecule has 0 saturated heterocycles. The summed E-state index contributed by atoms with van der Waals surface area (Å²) in [6.07, 6.45) is 0. The number of fused-ring (bicyclic) bond motifs is 1. The van der Waals surface area contributed by atoms with E-state index in [0.29, 0.717) is 15.7 Å². The number of benzene rings is 2. The molecule has 8 nitrogen and oxygen atoms in total. The minimum absolute atomic E-state index is 0.117. The minimum atomic E-state index is -0.387. The van der Waals surface area contributed by atoms with Crippen molar-refractivity contribution in [3.05, 3.63) is 69.0 Å². The molecule has 2 heterocycles. The van der Waals surface area contributed by atoms with Gasteiger partial charge in [0.25, 0.3) is 11.3 Å². The number of thioether (sulfide) groups is 1. The standard InChI is InChI=1S/C20H17ClN6O2S/c1-11-4-3-5-12(2)16(11)22-15(28)10-30-20-25-24-19-23-18(29)17(26-27(19)20)13-6-8-14(21)9-7-13/h3-9H,10H2,1-2H3,(H,22,28)(H,23,24,29). The molecule has 0 fully saturated rings. The van der Waals surface area contributed by atoms with Crippen molar-refractivity contribution >= 4 is 40.7 Å². The number of rotatable bonds is 5. The van der Waals surface area contributed by atoms with Crippen molar-refractivity contribution in [2.24, 2.45) is 0 Å². The Morgan fingerprint density at radius 1 is 1.13 bits per heavy atom. The number of aromatic nitrogens is 5. The topological polar surface area (TPSA) is 105 Å². The van der Waals surface area contributed by atoms with Crippen LogP contribution in [0.25, 0.3) is 17.0 Å². The van der Waals surface area contributed by atoms with Crippen LogP contribution in [-0.2, 0) is 4.79 Å². The third kappa shape index (κ3) is 4.07. The third-order valence-electron chi connectivity index (χ3n) is 4.45. The number of aryl methyl sites for hydroxylation is 2. The SMILES string of the molecule is Cc1cccc(C)c1NC(=O)CSc1nnc2[nH]c(=O)c(-c3ccc(Cl)cc3)nn12. The Morgan fingerprint density at radius 2 is 1.83 bits per heavy atom. The summed E-state index contributed by atoms with van der Waals surface area (Å²) in [6, 6.07) is 12.6. The molecule has 0 atom stereocenters. The summed E-state index contributed by atoms with van der Waals surface area (Å²) in [6.45, 7) is 3.89.